The van der Waals surface area contributed by atoms with Crippen LogP contribution in [0.5, 0.6) is 0 Å². The van der Waals surface area contributed by atoms with E-state index in [1.54, 1.807) is 6.07 Å². The molecule has 5 heteroatoms. The van der Waals surface area contributed by atoms with Crippen LogP contribution in [0, 0.1) is 11.6 Å². The molecule has 0 amide bonds. The van der Waals surface area contributed by atoms with E-state index in [-0.39, 0.29) is 0 Å². The fraction of sp³-hybridized carbons (Fsp3) is 0.647. The fourth-order valence-electron chi connectivity index (χ4n) is 3.65. The average molecular weight is 310 g/mol. The lowest BCUT2D eigenvalue weighted by Gasteiger charge is -2.33. The Labute approximate surface area is 130 Å². The molecular weight excluding hydrogens is 286 g/mol. The molecule has 2 aliphatic rings. The van der Waals surface area contributed by atoms with Gasteiger partial charge in [0, 0.05) is 31.7 Å². The molecule has 3 rings (SSSR count). The van der Waals surface area contributed by atoms with Crippen LogP contribution in [0.25, 0.3) is 0 Å². The lowest BCUT2D eigenvalue weighted by molar-refractivity contribution is 0.00627. The van der Waals surface area contributed by atoms with Crippen LogP contribution in [0.2, 0.25) is 0 Å². The summed E-state index contributed by atoms with van der Waals surface area (Å²) in [6.45, 7) is 4.41. The molecule has 22 heavy (non-hydrogen) atoms. The topological polar surface area (TPSA) is 26.7 Å². The predicted molar refractivity (Wildman–Crippen MR) is 81.5 cm³/mol. The van der Waals surface area contributed by atoms with Crippen molar-refractivity contribution in [1.82, 2.24) is 9.80 Å². The van der Waals surface area contributed by atoms with E-state index in [0.29, 0.717) is 31.6 Å². The Morgan fingerprint density at radius 1 is 1.05 bits per heavy atom. The standard InChI is InChI=1S/C17H24F2N2O/c18-15-6-4-5-14(16(15)19)11-21-10-7-17(22,13-21)12-20-8-2-1-3-9-20/h4-6,22H,1-3,7-13H2/t17-/m0/s1. The maximum absolute atomic E-state index is 13.7. The van der Waals surface area contributed by atoms with Crippen LogP contribution in [0.3, 0.4) is 0 Å². The highest BCUT2D eigenvalue weighted by Crippen LogP contribution is 2.26. The number of likely N-dealkylation sites (tertiary alicyclic amines) is 2. The van der Waals surface area contributed by atoms with Gasteiger partial charge in [-0.1, -0.05) is 18.6 Å². The number of hydrogen-bond acceptors (Lipinski definition) is 3. The molecular formula is C17H24F2N2O. The molecule has 0 unspecified atom stereocenters. The Bertz CT molecular complexity index is 519. The summed E-state index contributed by atoms with van der Waals surface area (Å²) in [5, 5.41) is 10.8. The maximum Gasteiger partial charge on any atom is 0.163 e. The first kappa shape index (κ1) is 15.8. The Morgan fingerprint density at radius 2 is 1.82 bits per heavy atom. The fourth-order valence-corrected chi connectivity index (χ4v) is 3.65. The Kier molecular flexibility index (Phi) is 4.76. The lowest BCUT2D eigenvalue weighted by Crippen LogP contribution is -2.46. The largest absolute Gasteiger partial charge is 0.387 e. The summed E-state index contributed by atoms with van der Waals surface area (Å²) in [7, 11) is 0. The van der Waals surface area contributed by atoms with Crippen molar-refractivity contribution in [3.05, 3.63) is 35.4 Å². The summed E-state index contributed by atoms with van der Waals surface area (Å²) >= 11 is 0. The van der Waals surface area contributed by atoms with E-state index in [2.05, 4.69) is 4.90 Å². The van der Waals surface area contributed by atoms with Crippen molar-refractivity contribution in [2.75, 3.05) is 32.7 Å². The van der Waals surface area contributed by atoms with Gasteiger partial charge >= 0.3 is 0 Å². The highest BCUT2D eigenvalue weighted by Gasteiger charge is 2.37. The monoisotopic (exact) mass is 310 g/mol. The summed E-state index contributed by atoms with van der Waals surface area (Å²) in [6, 6.07) is 4.28. The van der Waals surface area contributed by atoms with E-state index < -0.39 is 17.2 Å². The number of rotatable bonds is 4. The van der Waals surface area contributed by atoms with Crippen molar-refractivity contribution in [2.24, 2.45) is 0 Å². The number of halogens is 2. The van der Waals surface area contributed by atoms with Gasteiger partial charge in [-0.15, -0.1) is 0 Å². The Morgan fingerprint density at radius 3 is 2.59 bits per heavy atom. The lowest BCUT2D eigenvalue weighted by atomic mass is 10.0. The number of nitrogens with zero attached hydrogens (tertiary/aromatic N) is 2. The van der Waals surface area contributed by atoms with E-state index in [1.165, 1.54) is 25.3 Å². The molecule has 1 N–H and O–H groups in total. The van der Waals surface area contributed by atoms with E-state index >= 15 is 0 Å². The molecule has 2 aliphatic heterocycles. The van der Waals surface area contributed by atoms with Crippen molar-refractivity contribution in [1.29, 1.82) is 0 Å². The smallest absolute Gasteiger partial charge is 0.163 e. The molecule has 0 bridgehead atoms. The second kappa shape index (κ2) is 6.60. The summed E-state index contributed by atoms with van der Waals surface area (Å²) in [5.74, 6) is -1.57. The molecule has 0 aliphatic carbocycles. The number of benzene rings is 1. The van der Waals surface area contributed by atoms with Gasteiger partial charge < -0.3 is 10.0 Å². The third kappa shape index (κ3) is 3.65. The van der Waals surface area contributed by atoms with E-state index in [1.807, 2.05) is 4.90 Å². The zero-order valence-corrected chi connectivity index (χ0v) is 12.9. The molecule has 0 radical (unpaired) electrons. The summed E-state index contributed by atoms with van der Waals surface area (Å²) < 4.78 is 27.0. The molecule has 0 spiro atoms. The van der Waals surface area contributed by atoms with E-state index in [0.717, 1.165) is 25.7 Å². The molecule has 1 aromatic carbocycles. The van der Waals surface area contributed by atoms with Crippen molar-refractivity contribution >= 4 is 0 Å². The van der Waals surface area contributed by atoms with Gasteiger partial charge in [-0.2, -0.15) is 0 Å². The number of hydrogen-bond donors (Lipinski definition) is 1. The minimum Gasteiger partial charge on any atom is -0.387 e. The molecule has 122 valence electrons. The van der Waals surface area contributed by atoms with Crippen molar-refractivity contribution in [2.45, 2.75) is 37.8 Å². The maximum atomic E-state index is 13.7. The van der Waals surface area contributed by atoms with Crippen molar-refractivity contribution in [3.8, 4) is 0 Å². The third-order valence-corrected chi connectivity index (χ3v) is 4.80. The average Bonchev–Trinajstić information content (AvgIpc) is 2.86. The van der Waals surface area contributed by atoms with Crippen LogP contribution in [0.4, 0.5) is 8.78 Å². The molecule has 1 atom stereocenters. The molecule has 0 aromatic heterocycles. The van der Waals surface area contributed by atoms with Crippen LogP contribution < -0.4 is 0 Å². The first-order valence-corrected chi connectivity index (χ1v) is 8.16. The zero-order chi connectivity index (χ0) is 15.6. The number of piperidine rings is 1. The van der Waals surface area contributed by atoms with Gasteiger partial charge in [0.25, 0.3) is 0 Å². The van der Waals surface area contributed by atoms with Crippen LogP contribution in [0.1, 0.15) is 31.2 Å². The minimum atomic E-state index is -0.805. The minimum absolute atomic E-state index is 0.353. The Hall–Kier alpha value is -1.04. The number of aliphatic hydroxyl groups is 1. The first-order valence-electron chi connectivity index (χ1n) is 8.16. The quantitative estimate of drug-likeness (QED) is 0.925. The molecule has 2 heterocycles. The van der Waals surface area contributed by atoms with Crippen LogP contribution >= 0.6 is 0 Å². The van der Waals surface area contributed by atoms with Crippen LogP contribution in [-0.2, 0) is 6.54 Å². The Balaban J connectivity index is 1.58. The van der Waals surface area contributed by atoms with Gasteiger partial charge in [0.15, 0.2) is 11.6 Å². The second-order valence-electron chi connectivity index (χ2n) is 6.73. The molecule has 2 fully saturated rings. The van der Waals surface area contributed by atoms with Gasteiger partial charge in [0.1, 0.15) is 0 Å². The van der Waals surface area contributed by atoms with E-state index in [4.69, 9.17) is 0 Å². The molecule has 0 saturated carbocycles. The van der Waals surface area contributed by atoms with Crippen LogP contribution in [-0.4, -0.2) is 53.2 Å². The summed E-state index contributed by atoms with van der Waals surface area (Å²) in [5.41, 5.74) is -0.358. The third-order valence-electron chi connectivity index (χ3n) is 4.80. The van der Waals surface area contributed by atoms with Crippen molar-refractivity contribution in [3.63, 3.8) is 0 Å². The van der Waals surface area contributed by atoms with Gasteiger partial charge in [-0.25, -0.2) is 8.78 Å². The summed E-state index contributed by atoms with van der Waals surface area (Å²) in [6.07, 6.45) is 4.38. The van der Waals surface area contributed by atoms with Crippen LogP contribution in [0.15, 0.2) is 18.2 Å². The predicted octanol–water partition coefficient (Wildman–Crippen LogP) is 2.39. The molecule has 3 nitrogen and oxygen atoms in total. The highest BCUT2D eigenvalue weighted by molar-refractivity contribution is 5.19. The van der Waals surface area contributed by atoms with Gasteiger partial charge in [-0.05, 0) is 38.4 Å². The highest BCUT2D eigenvalue weighted by atomic mass is 19.2. The molecule has 1 aromatic rings. The van der Waals surface area contributed by atoms with Crippen molar-refractivity contribution < 1.29 is 13.9 Å². The van der Waals surface area contributed by atoms with Gasteiger partial charge in [-0.3, -0.25) is 4.90 Å². The summed E-state index contributed by atoms with van der Waals surface area (Å²) in [4.78, 5) is 4.34. The number of β-amino-alcohol motifs (C(OH)–C–C–N with tert-alkyl or cyclic N) is 1. The zero-order valence-electron chi connectivity index (χ0n) is 12.9. The first-order chi connectivity index (χ1) is 10.6. The molecule has 2 saturated heterocycles. The SMILES string of the molecule is O[C@]1(CN2CCCCC2)CCN(Cc2cccc(F)c2F)C1. The van der Waals surface area contributed by atoms with E-state index in [9.17, 15) is 13.9 Å². The van der Waals surface area contributed by atoms with Gasteiger partial charge in [0.2, 0.25) is 0 Å². The second-order valence-corrected chi connectivity index (χ2v) is 6.73. The normalized spacial score (nSPS) is 27.4. The van der Waals surface area contributed by atoms with Gasteiger partial charge in [0.05, 0.1) is 5.60 Å².